The predicted molar refractivity (Wildman–Crippen MR) is 171 cm³/mol. The van der Waals surface area contributed by atoms with E-state index in [0.29, 0.717) is 0 Å². The summed E-state index contributed by atoms with van der Waals surface area (Å²) < 4.78 is 21.7. The Bertz CT molecular complexity index is 1210. The van der Waals surface area contributed by atoms with Gasteiger partial charge in [-0.1, -0.05) is 72.8 Å². The molecule has 0 aliphatic rings. The van der Waals surface area contributed by atoms with Crippen molar-refractivity contribution in [3.05, 3.63) is 97.1 Å². The summed E-state index contributed by atoms with van der Waals surface area (Å²) in [6.07, 6.45) is 2.43. The van der Waals surface area contributed by atoms with Crippen molar-refractivity contribution < 1.29 is 43.2 Å². The van der Waals surface area contributed by atoms with Crippen LogP contribution in [0, 0.1) is 5.92 Å². The maximum atomic E-state index is 13.3. The van der Waals surface area contributed by atoms with Crippen molar-refractivity contribution in [1.82, 2.24) is 16.0 Å². The summed E-state index contributed by atoms with van der Waals surface area (Å²) in [6, 6.07) is 16.7. The Labute approximate surface area is 270 Å². The number of benzene rings is 2. The van der Waals surface area contributed by atoms with E-state index < -0.39 is 36.0 Å². The highest BCUT2D eigenvalue weighted by molar-refractivity contribution is 5.86. The van der Waals surface area contributed by atoms with Crippen LogP contribution in [-0.4, -0.2) is 80.6 Å². The first-order valence-electron chi connectivity index (χ1n) is 15.1. The van der Waals surface area contributed by atoms with Crippen LogP contribution in [0.4, 0.5) is 4.79 Å². The number of amides is 3. The van der Waals surface area contributed by atoms with Gasteiger partial charge in [0, 0.05) is 13.0 Å². The highest BCUT2D eigenvalue weighted by Crippen LogP contribution is 2.11. The number of alkyl carbamates (subject to hydrolysis) is 1. The molecule has 46 heavy (non-hydrogen) atoms. The third-order valence-electron chi connectivity index (χ3n) is 6.45. The second kappa shape index (κ2) is 22.9. The Morgan fingerprint density at radius 2 is 1.43 bits per heavy atom. The Balaban J connectivity index is 2.00. The number of hydrogen-bond donors (Lipinski definition) is 4. The van der Waals surface area contributed by atoms with Gasteiger partial charge in [-0.3, -0.25) is 9.59 Å². The van der Waals surface area contributed by atoms with Crippen LogP contribution in [0.1, 0.15) is 30.4 Å². The molecular weight excluding hydrogens is 594 g/mol. The maximum Gasteiger partial charge on any atom is 0.408 e. The van der Waals surface area contributed by atoms with Crippen LogP contribution in [0.2, 0.25) is 0 Å². The molecule has 0 aliphatic carbocycles. The number of carbonyl (C=O) groups is 4. The number of allylic oxidation sites excluding steroid dienone is 1. The van der Waals surface area contributed by atoms with Gasteiger partial charge in [0.1, 0.15) is 19.3 Å². The van der Waals surface area contributed by atoms with Crippen LogP contribution >= 0.6 is 0 Å². The smallest absolute Gasteiger partial charge is 0.408 e. The number of hydrogen-bond acceptors (Lipinski definition) is 9. The van der Waals surface area contributed by atoms with Gasteiger partial charge in [0.2, 0.25) is 11.8 Å². The molecular formula is C34H45N3O9. The summed E-state index contributed by atoms with van der Waals surface area (Å²) in [5.74, 6) is -2.28. The van der Waals surface area contributed by atoms with Crippen LogP contribution in [0.25, 0.3) is 0 Å². The minimum Gasteiger partial charge on any atom is -0.462 e. The summed E-state index contributed by atoms with van der Waals surface area (Å²) in [7, 11) is 0. The molecule has 0 aromatic heterocycles. The second-order valence-corrected chi connectivity index (χ2v) is 10.2. The molecule has 0 aliphatic heterocycles. The lowest BCUT2D eigenvalue weighted by molar-refractivity contribution is -0.148. The van der Waals surface area contributed by atoms with Crippen molar-refractivity contribution in [3.63, 3.8) is 0 Å². The molecule has 12 nitrogen and oxygen atoms in total. The summed E-state index contributed by atoms with van der Waals surface area (Å²) in [4.78, 5) is 51.1. The van der Waals surface area contributed by atoms with Crippen molar-refractivity contribution in [3.8, 4) is 0 Å². The third kappa shape index (κ3) is 16.0. The highest BCUT2D eigenvalue weighted by Gasteiger charge is 2.26. The lowest BCUT2D eigenvalue weighted by Crippen LogP contribution is -2.47. The fourth-order valence-electron chi connectivity index (χ4n) is 4.12. The average Bonchev–Trinajstić information content (AvgIpc) is 3.06. The van der Waals surface area contributed by atoms with Crippen molar-refractivity contribution >= 4 is 23.9 Å². The van der Waals surface area contributed by atoms with Crippen molar-refractivity contribution in [1.29, 1.82) is 0 Å². The molecule has 0 radical (unpaired) electrons. The number of esters is 1. The van der Waals surface area contributed by atoms with E-state index in [1.165, 1.54) is 6.08 Å². The molecule has 3 unspecified atom stereocenters. The van der Waals surface area contributed by atoms with Gasteiger partial charge in [-0.25, -0.2) is 9.59 Å². The largest absolute Gasteiger partial charge is 0.462 e. The molecule has 0 saturated carbocycles. The van der Waals surface area contributed by atoms with E-state index in [4.69, 9.17) is 24.1 Å². The monoisotopic (exact) mass is 639 g/mol. The van der Waals surface area contributed by atoms with Crippen molar-refractivity contribution in [2.24, 2.45) is 5.92 Å². The van der Waals surface area contributed by atoms with Gasteiger partial charge in [-0.15, -0.1) is 13.2 Å². The topological polar surface area (TPSA) is 162 Å². The van der Waals surface area contributed by atoms with Crippen molar-refractivity contribution in [2.75, 3.05) is 39.6 Å². The van der Waals surface area contributed by atoms with Crippen LogP contribution in [0.15, 0.2) is 86.0 Å². The van der Waals surface area contributed by atoms with Gasteiger partial charge in [-0.05, 0) is 24.0 Å². The first-order chi connectivity index (χ1) is 22.4. The molecule has 0 fully saturated rings. The SMILES string of the molecule is C=CCC(CC(=O)NCCOCCO)C(=O)NC(COCc1ccccc1)COC(=O)C(CC=C)NC(=O)OCc1ccccc1. The normalized spacial score (nSPS) is 12.5. The van der Waals surface area contributed by atoms with Gasteiger partial charge in [0.05, 0.1) is 45.0 Å². The van der Waals surface area contributed by atoms with Crippen LogP contribution in [0.5, 0.6) is 0 Å². The third-order valence-corrected chi connectivity index (χ3v) is 6.45. The molecule has 12 heteroatoms. The lowest BCUT2D eigenvalue weighted by atomic mass is 9.99. The minimum absolute atomic E-state index is 0.00177. The molecule has 250 valence electrons. The van der Waals surface area contributed by atoms with Gasteiger partial charge in [-0.2, -0.15) is 0 Å². The van der Waals surface area contributed by atoms with Gasteiger partial charge >= 0.3 is 12.1 Å². The number of nitrogens with one attached hydrogen (secondary N) is 3. The van der Waals surface area contributed by atoms with Crippen LogP contribution in [-0.2, 0) is 46.5 Å². The fourth-order valence-corrected chi connectivity index (χ4v) is 4.12. The Hall–Kier alpha value is -4.52. The molecule has 0 heterocycles. The van der Waals surface area contributed by atoms with E-state index in [-0.39, 0.29) is 78.0 Å². The number of aliphatic hydroxyl groups is 1. The van der Waals surface area contributed by atoms with Gasteiger partial charge in [0.15, 0.2) is 0 Å². The molecule has 0 spiro atoms. The summed E-state index contributed by atoms with van der Waals surface area (Å²) in [6.45, 7) is 7.87. The number of carbonyl (C=O) groups excluding carboxylic acids is 4. The summed E-state index contributed by atoms with van der Waals surface area (Å²) in [5, 5.41) is 16.8. The Morgan fingerprint density at radius 3 is 2.07 bits per heavy atom. The zero-order chi connectivity index (χ0) is 33.4. The quantitative estimate of drug-likeness (QED) is 0.0814. The van der Waals surface area contributed by atoms with E-state index in [1.807, 2.05) is 48.5 Å². The summed E-state index contributed by atoms with van der Waals surface area (Å²) in [5.41, 5.74) is 1.70. The van der Waals surface area contributed by atoms with Crippen LogP contribution < -0.4 is 16.0 Å². The zero-order valence-corrected chi connectivity index (χ0v) is 26.1. The van der Waals surface area contributed by atoms with E-state index in [0.717, 1.165) is 11.1 Å². The number of aliphatic hydroxyl groups excluding tert-OH is 1. The van der Waals surface area contributed by atoms with Crippen LogP contribution in [0.3, 0.4) is 0 Å². The Kier molecular flexibility index (Phi) is 18.8. The lowest BCUT2D eigenvalue weighted by Gasteiger charge is -2.23. The van der Waals surface area contributed by atoms with E-state index >= 15 is 0 Å². The minimum atomic E-state index is -1.07. The molecule has 2 rings (SSSR count). The first-order valence-corrected chi connectivity index (χ1v) is 15.1. The highest BCUT2D eigenvalue weighted by atomic mass is 16.6. The molecule has 2 aromatic rings. The predicted octanol–water partition coefficient (Wildman–Crippen LogP) is 2.81. The molecule has 2 aromatic carbocycles. The molecule has 0 saturated heterocycles. The molecule has 3 atom stereocenters. The summed E-state index contributed by atoms with van der Waals surface area (Å²) >= 11 is 0. The molecule has 0 bridgehead atoms. The van der Waals surface area contributed by atoms with Gasteiger partial charge < -0.3 is 40.0 Å². The first kappa shape index (κ1) is 37.7. The maximum absolute atomic E-state index is 13.3. The standard InChI is InChI=1S/C34H45N3O9/c1-3-11-28(21-31(39)35-17-19-43-20-18-38)32(40)36-29(24-44-22-26-13-7-5-8-14-26)25-45-33(41)30(12-4-2)37-34(42)46-23-27-15-9-6-10-16-27/h3-10,13-16,28-30,38H,1-2,11-12,17-25H2,(H,35,39)(H,36,40)(H,37,42). The Morgan fingerprint density at radius 1 is 0.783 bits per heavy atom. The average molecular weight is 640 g/mol. The van der Waals surface area contributed by atoms with Crippen molar-refractivity contribution in [2.45, 2.75) is 44.6 Å². The number of ether oxygens (including phenoxy) is 4. The fraction of sp³-hybridized carbons (Fsp3) is 0.412. The molecule has 4 N–H and O–H groups in total. The molecule has 3 amide bonds. The zero-order valence-electron chi connectivity index (χ0n) is 26.1. The van der Waals surface area contributed by atoms with E-state index in [9.17, 15) is 19.2 Å². The van der Waals surface area contributed by atoms with E-state index in [1.54, 1.807) is 18.2 Å². The van der Waals surface area contributed by atoms with E-state index in [2.05, 4.69) is 29.1 Å². The van der Waals surface area contributed by atoms with Gasteiger partial charge in [0.25, 0.3) is 0 Å². The second-order valence-electron chi connectivity index (χ2n) is 10.2. The number of rotatable bonds is 23.